The van der Waals surface area contributed by atoms with Gasteiger partial charge in [0.2, 0.25) is 0 Å². The molecule has 0 radical (unpaired) electrons. The van der Waals surface area contributed by atoms with Crippen molar-refractivity contribution in [2.24, 2.45) is 11.8 Å². The fourth-order valence-electron chi connectivity index (χ4n) is 2.11. The molecule has 1 aromatic rings. The first-order valence-corrected chi connectivity index (χ1v) is 7.79. The van der Waals surface area contributed by atoms with Crippen LogP contribution < -0.4 is 4.74 Å². The quantitative estimate of drug-likeness (QED) is 0.578. The first kappa shape index (κ1) is 17.0. The zero-order chi connectivity index (χ0) is 15.0. The highest BCUT2D eigenvalue weighted by atomic mass is 35.5. The number of carbonyl (C=O) groups is 1. The summed E-state index contributed by atoms with van der Waals surface area (Å²) >= 11 is 5.45. The summed E-state index contributed by atoms with van der Waals surface area (Å²) in [6.07, 6.45) is 4.87. The molecule has 0 fully saturated rings. The molecule has 0 saturated heterocycles. The van der Waals surface area contributed by atoms with Gasteiger partial charge >= 0.3 is 0 Å². The van der Waals surface area contributed by atoms with Crippen LogP contribution in [0.1, 0.15) is 56.8 Å². The molecule has 0 N–H and O–H groups in total. The predicted octanol–water partition coefficient (Wildman–Crippen LogP) is 5.30. The predicted molar refractivity (Wildman–Crippen MR) is 84.6 cm³/mol. The molecule has 2 nitrogen and oxygen atoms in total. The second-order valence-electron chi connectivity index (χ2n) is 5.87. The lowest BCUT2D eigenvalue weighted by atomic mass is 9.98. The Morgan fingerprint density at radius 1 is 1.20 bits per heavy atom. The zero-order valence-electron chi connectivity index (χ0n) is 12.7. The van der Waals surface area contributed by atoms with Gasteiger partial charge in [0.15, 0.2) is 0 Å². The Morgan fingerprint density at radius 2 is 1.95 bits per heavy atom. The third-order valence-corrected chi connectivity index (χ3v) is 3.64. The average Bonchev–Trinajstić information content (AvgIpc) is 2.38. The molecule has 0 amide bonds. The molecule has 0 spiro atoms. The number of halogens is 1. The number of hydrogen-bond donors (Lipinski definition) is 0. The molecule has 3 heteroatoms. The van der Waals surface area contributed by atoms with E-state index in [9.17, 15) is 4.79 Å². The Labute approximate surface area is 127 Å². The van der Waals surface area contributed by atoms with E-state index >= 15 is 0 Å². The molecule has 0 heterocycles. The van der Waals surface area contributed by atoms with E-state index in [1.807, 2.05) is 6.07 Å². The van der Waals surface area contributed by atoms with Gasteiger partial charge in [0.25, 0.3) is 5.24 Å². The van der Waals surface area contributed by atoms with Gasteiger partial charge in [0.1, 0.15) is 5.75 Å². The summed E-state index contributed by atoms with van der Waals surface area (Å²) in [5.41, 5.74) is 0.481. The van der Waals surface area contributed by atoms with E-state index in [0.29, 0.717) is 23.8 Å². The van der Waals surface area contributed by atoms with Crippen LogP contribution in [0.5, 0.6) is 5.75 Å². The van der Waals surface area contributed by atoms with Crippen molar-refractivity contribution >= 4 is 16.8 Å². The van der Waals surface area contributed by atoms with Crippen LogP contribution in [0.2, 0.25) is 0 Å². The van der Waals surface area contributed by atoms with E-state index in [-0.39, 0.29) is 0 Å². The van der Waals surface area contributed by atoms with Gasteiger partial charge in [-0.25, -0.2) is 0 Å². The second-order valence-corrected chi connectivity index (χ2v) is 6.21. The van der Waals surface area contributed by atoms with Gasteiger partial charge in [-0.2, -0.15) is 0 Å². The van der Waals surface area contributed by atoms with E-state index in [2.05, 4.69) is 20.8 Å². The lowest BCUT2D eigenvalue weighted by molar-refractivity contribution is 0.108. The molecule has 0 aliphatic heterocycles. The third kappa shape index (κ3) is 6.95. The summed E-state index contributed by atoms with van der Waals surface area (Å²) in [5.74, 6) is 2.17. The number of hydrogen-bond acceptors (Lipinski definition) is 2. The maximum atomic E-state index is 11.1. The van der Waals surface area contributed by atoms with Crippen LogP contribution in [0.3, 0.4) is 0 Å². The van der Waals surface area contributed by atoms with Crippen LogP contribution in [0.25, 0.3) is 0 Å². The number of carbonyl (C=O) groups excluding carboxylic acids is 1. The number of rotatable bonds is 9. The molecule has 1 unspecified atom stereocenters. The molecular weight excluding hydrogens is 272 g/mol. The molecule has 0 aromatic heterocycles. The van der Waals surface area contributed by atoms with Crippen LogP contribution in [0, 0.1) is 11.8 Å². The van der Waals surface area contributed by atoms with Gasteiger partial charge in [-0.05, 0) is 48.1 Å². The number of benzene rings is 1. The molecule has 1 aromatic carbocycles. The van der Waals surface area contributed by atoms with Gasteiger partial charge in [0.05, 0.1) is 6.61 Å². The molecule has 1 rings (SSSR count). The monoisotopic (exact) mass is 296 g/mol. The molecule has 1 atom stereocenters. The smallest absolute Gasteiger partial charge is 0.252 e. The SMILES string of the molecule is CC(C)CCCC(C)CCOc1cccc(C(=O)Cl)c1. The van der Waals surface area contributed by atoms with Gasteiger partial charge in [0, 0.05) is 5.56 Å². The standard InChI is InChI=1S/C17H25ClO2/c1-13(2)6-4-7-14(3)10-11-20-16-9-5-8-15(12-16)17(18)19/h5,8-9,12-14H,4,6-7,10-11H2,1-3H3. The average molecular weight is 297 g/mol. The Bertz CT molecular complexity index is 415. The molecule has 112 valence electrons. The largest absolute Gasteiger partial charge is 0.494 e. The van der Waals surface area contributed by atoms with Gasteiger partial charge in [-0.15, -0.1) is 0 Å². The van der Waals surface area contributed by atoms with Crippen molar-refractivity contribution in [3.63, 3.8) is 0 Å². The first-order valence-electron chi connectivity index (χ1n) is 7.41. The molecule has 0 aliphatic rings. The molecule has 0 aliphatic carbocycles. The van der Waals surface area contributed by atoms with Crippen molar-refractivity contribution in [1.82, 2.24) is 0 Å². The minimum absolute atomic E-state index is 0.447. The maximum absolute atomic E-state index is 11.1. The van der Waals surface area contributed by atoms with Crippen molar-refractivity contribution in [3.8, 4) is 5.75 Å². The Hall–Kier alpha value is -1.02. The van der Waals surface area contributed by atoms with Crippen molar-refractivity contribution in [2.45, 2.75) is 46.5 Å². The minimum Gasteiger partial charge on any atom is -0.494 e. The van der Waals surface area contributed by atoms with Gasteiger partial charge in [-0.1, -0.05) is 46.1 Å². The van der Waals surface area contributed by atoms with Crippen molar-refractivity contribution in [3.05, 3.63) is 29.8 Å². The van der Waals surface area contributed by atoms with Crippen molar-refractivity contribution < 1.29 is 9.53 Å². The highest BCUT2D eigenvalue weighted by Crippen LogP contribution is 2.18. The highest BCUT2D eigenvalue weighted by Gasteiger charge is 2.06. The lowest BCUT2D eigenvalue weighted by Crippen LogP contribution is -2.05. The van der Waals surface area contributed by atoms with E-state index in [4.69, 9.17) is 16.3 Å². The fourth-order valence-corrected chi connectivity index (χ4v) is 2.22. The van der Waals surface area contributed by atoms with Crippen LogP contribution >= 0.6 is 11.6 Å². The Kier molecular flexibility index (Phi) is 7.68. The van der Waals surface area contributed by atoms with Crippen molar-refractivity contribution in [1.29, 1.82) is 0 Å². The summed E-state index contributed by atoms with van der Waals surface area (Å²) in [4.78, 5) is 11.1. The maximum Gasteiger partial charge on any atom is 0.252 e. The van der Waals surface area contributed by atoms with Crippen LogP contribution in [0.15, 0.2) is 24.3 Å². The van der Waals surface area contributed by atoms with E-state index < -0.39 is 5.24 Å². The van der Waals surface area contributed by atoms with E-state index in [0.717, 1.165) is 12.3 Å². The summed E-state index contributed by atoms with van der Waals surface area (Å²) in [7, 11) is 0. The lowest BCUT2D eigenvalue weighted by Gasteiger charge is -2.13. The van der Waals surface area contributed by atoms with Crippen LogP contribution in [-0.4, -0.2) is 11.8 Å². The topological polar surface area (TPSA) is 26.3 Å². The van der Waals surface area contributed by atoms with Crippen LogP contribution in [-0.2, 0) is 0 Å². The number of ether oxygens (including phenoxy) is 1. The van der Waals surface area contributed by atoms with Gasteiger partial charge < -0.3 is 4.74 Å². The Balaban J connectivity index is 2.26. The second kappa shape index (κ2) is 9.02. The Morgan fingerprint density at radius 3 is 2.60 bits per heavy atom. The summed E-state index contributed by atoms with van der Waals surface area (Å²) in [6.45, 7) is 7.48. The van der Waals surface area contributed by atoms with Gasteiger partial charge in [-0.3, -0.25) is 4.79 Å². The van der Waals surface area contributed by atoms with E-state index in [1.165, 1.54) is 19.3 Å². The third-order valence-electron chi connectivity index (χ3n) is 3.42. The molecule has 0 bridgehead atoms. The van der Waals surface area contributed by atoms with E-state index in [1.54, 1.807) is 18.2 Å². The van der Waals surface area contributed by atoms with Crippen molar-refractivity contribution in [2.75, 3.05) is 6.61 Å². The summed E-state index contributed by atoms with van der Waals surface area (Å²) in [6, 6.07) is 7.03. The fraction of sp³-hybridized carbons (Fsp3) is 0.588. The molecule has 0 saturated carbocycles. The highest BCUT2D eigenvalue weighted by molar-refractivity contribution is 6.67. The first-order chi connectivity index (χ1) is 9.49. The van der Waals surface area contributed by atoms with Crippen LogP contribution in [0.4, 0.5) is 0 Å². The summed E-state index contributed by atoms with van der Waals surface area (Å²) < 4.78 is 5.68. The molecule has 20 heavy (non-hydrogen) atoms. The minimum atomic E-state index is -0.447. The normalized spacial score (nSPS) is 12.4. The zero-order valence-corrected chi connectivity index (χ0v) is 13.5. The molecular formula is C17H25ClO2. The summed E-state index contributed by atoms with van der Waals surface area (Å²) in [5, 5.41) is -0.447.